The van der Waals surface area contributed by atoms with E-state index in [1.165, 1.54) is 13.2 Å². The van der Waals surface area contributed by atoms with Crippen LogP contribution in [0.5, 0.6) is 5.75 Å². The van der Waals surface area contributed by atoms with E-state index in [1.807, 2.05) is 0 Å². The number of halogens is 2. The minimum absolute atomic E-state index is 0. The van der Waals surface area contributed by atoms with Gasteiger partial charge in [0.2, 0.25) is 0 Å². The van der Waals surface area contributed by atoms with Crippen molar-refractivity contribution in [3.8, 4) is 17.0 Å². The molecule has 6 heteroatoms. The molecule has 1 saturated heterocycles. The van der Waals surface area contributed by atoms with Gasteiger partial charge in [-0.15, -0.1) is 12.4 Å². The molecule has 1 aliphatic heterocycles. The van der Waals surface area contributed by atoms with E-state index in [4.69, 9.17) is 4.74 Å². The summed E-state index contributed by atoms with van der Waals surface area (Å²) in [6, 6.07) is 4.76. The molecule has 3 rings (SSSR count). The minimum Gasteiger partial charge on any atom is -0.494 e. The zero-order valence-electron chi connectivity index (χ0n) is 11.0. The summed E-state index contributed by atoms with van der Waals surface area (Å²) in [7, 11) is 1.45. The third-order valence-corrected chi connectivity index (χ3v) is 3.32. The Kier molecular flexibility index (Phi) is 4.52. The Hall–Kier alpha value is -1.72. The third-order valence-electron chi connectivity index (χ3n) is 3.32. The standard InChI is InChI=1S/C14H14FN3O.ClH/c1-19-12-6-9(2-3-11(12)15)13-14(10-7-16-8-10)18-5-4-17-13;/h2-6,10,16H,7-8H2,1H3;1H. The van der Waals surface area contributed by atoms with Crippen molar-refractivity contribution in [2.24, 2.45) is 0 Å². The molecule has 1 aromatic carbocycles. The molecule has 0 spiro atoms. The van der Waals surface area contributed by atoms with Crippen LogP contribution in [0.2, 0.25) is 0 Å². The third kappa shape index (κ3) is 2.59. The summed E-state index contributed by atoms with van der Waals surface area (Å²) in [5, 5.41) is 3.22. The molecular weight excluding hydrogens is 281 g/mol. The van der Waals surface area contributed by atoms with Crippen molar-refractivity contribution in [2.45, 2.75) is 5.92 Å². The molecule has 106 valence electrons. The molecule has 1 N–H and O–H groups in total. The van der Waals surface area contributed by atoms with Gasteiger partial charge in [-0.3, -0.25) is 9.97 Å². The lowest BCUT2D eigenvalue weighted by atomic mass is 9.94. The van der Waals surface area contributed by atoms with Crippen LogP contribution in [0.15, 0.2) is 30.6 Å². The first-order chi connectivity index (χ1) is 9.29. The Morgan fingerprint density at radius 3 is 2.65 bits per heavy atom. The molecule has 20 heavy (non-hydrogen) atoms. The first-order valence-corrected chi connectivity index (χ1v) is 6.15. The zero-order valence-corrected chi connectivity index (χ0v) is 11.8. The van der Waals surface area contributed by atoms with Crippen LogP contribution in [0.25, 0.3) is 11.3 Å². The van der Waals surface area contributed by atoms with Gasteiger partial charge in [-0.25, -0.2) is 4.39 Å². The number of methoxy groups -OCH3 is 1. The van der Waals surface area contributed by atoms with E-state index in [0.29, 0.717) is 5.92 Å². The Balaban J connectivity index is 0.00000147. The molecular formula is C14H15ClFN3O. The maximum absolute atomic E-state index is 13.5. The number of ether oxygens (including phenoxy) is 1. The van der Waals surface area contributed by atoms with Crippen molar-refractivity contribution in [3.63, 3.8) is 0 Å². The zero-order chi connectivity index (χ0) is 13.2. The SMILES string of the molecule is COc1cc(-c2nccnc2C2CNC2)ccc1F.Cl. The van der Waals surface area contributed by atoms with Crippen LogP contribution >= 0.6 is 12.4 Å². The normalized spacial score (nSPS) is 14.3. The van der Waals surface area contributed by atoms with Crippen LogP contribution < -0.4 is 10.1 Å². The topological polar surface area (TPSA) is 47.0 Å². The number of hydrogen-bond acceptors (Lipinski definition) is 4. The molecule has 0 radical (unpaired) electrons. The number of nitrogens with one attached hydrogen (secondary N) is 1. The van der Waals surface area contributed by atoms with Crippen molar-refractivity contribution in [2.75, 3.05) is 20.2 Å². The highest BCUT2D eigenvalue weighted by Crippen LogP contribution is 2.30. The van der Waals surface area contributed by atoms with Crippen LogP contribution in [0.4, 0.5) is 4.39 Å². The van der Waals surface area contributed by atoms with Crippen LogP contribution in [0.3, 0.4) is 0 Å². The van der Waals surface area contributed by atoms with Crippen molar-refractivity contribution < 1.29 is 9.13 Å². The second-order valence-corrected chi connectivity index (χ2v) is 4.49. The lowest BCUT2D eigenvalue weighted by Crippen LogP contribution is -2.40. The highest BCUT2D eigenvalue weighted by Gasteiger charge is 2.24. The fourth-order valence-electron chi connectivity index (χ4n) is 2.16. The number of hydrogen-bond donors (Lipinski definition) is 1. The Bertz CT molecular complexity index is 605. The summed E-state index contributed by atoms with van der Waals surface area (Å²) in [6.07, 6.45) is 3.35. The molecule has 0 unspecified atom stereocenters. The minimum atomic E-state index is -0.373. The van der Waals surface area contributed by atoms with Crippen LogP contribution in [-0.2, 0) is 0 Å². The van der Waals surface area contributed by atoms with Gasteiger partial charge in [0.1, 0.15) is 0 Å². The molecule has 4 nitrogen and oxygen atoms in total. The van der Waals surface area contributed by atoms with Crippen LogP contribution in [0, 0.1) is 5.82 Å². The average Bonchev–Trinajstić information content (AvgIpc) is 2.38. The summed E-state index contributed by atoms with van der Waals surface area (Å²) < 4.78 is 18.5. The molecule has 0 aliphatic carbocycles. The van der Waals surface area contributed by atoms with E-state index < -0.39 is 0 Å². The van der Waals surface area contributed by atoms with Gasteiger partial charge in [-0.2, -0.15) is 0 Å². The quantitative estimate of drug-likeness (QED) is 0.944. The number of aromatic nitrogens is 2. The summed E-state index contributed by atoms with van der Waals surface area (Å²) in [5.74, 6) is 0.225. The molecule has 1 fully saturated rings. The maximum Gasteiger partial charge on any atom is 0.165 e. The average molecular weight is 296 g/mol. The van der Waals surface area contributed by atoms with Gasteiger partial charge in [0.05, 0.1) is 18.5 Å². The van der Waals surface area contributed by atoms with Gasteiger partial charge in [-0.1, -0.05) is 0 Å². The first-order valence-electron chi connectivity index (χ1n) is 6.15. The van der Waals surface area contributed by atoms with Crippen molar-refractivity contribution >= 4 is 12.4 Å². The highest BCUT2D eigenvalue weighted by atomic mass is 35.5. The second kappa shape index (κ2) is 6.15. The van der Waals surface area contributed by atoms with E-state index in [1.54, 1.807) is 24.5 Å². The van der Waals surface area contributed by atoms with Gasteiger partial charge >= 0.3 is 0 Å². The monoisotopic (exact) mass is 295 g/mol. The summed E-state index contributed by atoms with van der Waals surface area (Å²) in [6.45, 7) is 1.81. The van der Waals surface area contributed by atoms with E-state index in [2.05, 4.69) is 15.3 Å². The fraction of sp³-hybridized carbons (Fsp3) is 0.286. The van der Waals surface area contributed by atoms with E-state index in [-0.39, 0.29) is 24.0 Å². The molecule has 0 saturated carbocycles. The van der Waals surface area contributed by atoms with Crippen LogP contribution in [-0.4, -0.2) is 30.2 Å². The van der Waals surface area contributed by atoms with E-state index in [0.717, 1.165) is 30.0 Å². The van der Waals surface area contributed by atoms with Gasteiger partial charge in [-0.05, 0) is 18.2 Å². The molecule has 1 aromatic heterocycles. The van der Waals surface area contributed by atoms with Crippen molar-refractivity contribution in [1.82, 2.24) is 15.3 Å². The number of benzene rings is 1. The predicted octanol–water partition coefficient (Wildman–Crippen LogP) is 2.40. The Labute approximate surface area is 122 Å². The maximum atomic E-state index is 13.5. The van der Waals surface area contributed by atoms with Gasteiger partial charge in [0.25, 0.3) is 0 Å². The second-order valence-electron chi connectivity index (χ2n) is 4.49. The van der Waals surface area contributed by atoms with Crippen molar-refractivity contribution in [1.29, 1.82) is 0 Å². The summed E-state index contributed by atoms with van der Waals surface area (Å²) in [5.41, 5.74) is 2.58. The lowest BCUT2D eigenvalue weighted by Gasteiger charge is -2.27. The molecule has 0 atom stereocenters. The Morgan fingerprint density at radius 2 is 2.00 bits per heavy atom. The first kappa shape index (κ1) is 14.7. The lowest BCUT2D eigenvalue weighted by molar-refractivity contribution is 0.386. The number of nitrogens with zero attached hydrogens (tertiary/aromatic N) is 2. The molecule has 1 aliphatic rings. The molecule has 2 aromatic rings. The van der Waals surface area contributed by atoms with E-state index in [9.17, 15) is 4.39 Å². The van der Waals surface area contributed by atoms with Gasteiger partial charge in [0.15, 0.2) is 11.6 Å². The van der Waals surface area contributed by atoms with Crippen LogP contribution in [0.1, 0.15) is 11.6 Å². The highest BCUT2D eigenvalue weighted by molar-refractivity contribution is 5.85. The Morgan fingerprint density at radius 1 is 1.25 bits per heavy atom. The van der Waals surface area contributed by atoms with E-state index >= 15 is 0 Å². The fourth-order valence-corrected chi connectivity index (χ4v) is 2.16. The smallest absolute Gasteiger partial charge is 0.165 e. The molecule has 0 bridgehead atoms. The predicted molar refractivity (Wildman–Crippen MR) is 76.8 cm³/mol. The summed E-state index contributed by atoms with van der Waals surface area (Å²) in [4.78, 5) is 8.81. The molecule has 2 heterocycles. The summed E-state index contributed by atoms with van der Waals surface area (Å²) >= 11 is 0. The molecule has 0 amide bonds. The number of rotatable bonds is 3. The largest absolute Gasteiger partial charge is 0.494 e. The van der Waals surface area contributed by atoms with Crippen molar-refractivity contribution in [3.05, 3.63) is 42.1 Å². The van der Waals surface area contributed by atoms with Gasteiger partial charge in [0, 0.05) is 37.0 Å². The van der Waals surface area contributed by atoms with Gasteiger partial charge < -0.3 is 10.1 Å².